The molecule has 0 nitrogen and oxygen atoms in total. The molecule has 0 heteroatoms. The Morgan fingerprint density at radius 3 is 2.31 bits per heavy atom. The first-order valence-corrected chi connectivity index (χ1v) is 7.61. The molecule has 1 fully saturated rings. The van der Waals surface area contributed by atoms with Gasteiger partial charge >= 0.3 is 0 Å². The van der Waals surface area contributed by atoms with E-state index in [1.54, 1.807) is 0 Å². The quantitative estimate of drug-likeness (QED) is 0.509. The largest absolute Gasteiger partial charge is 0.0654 e. The number of hydrogen-bond donors (Lipinski definition) is 0. The van der Waals surface area contributed by atoms with Gasteiger partial charge in [-0.3, -0.25) is 0 Å². The van der Waals surface area contributed by atoms with Crippen LogP contribution < -0.4 is 0 Å². The minimum atomic E-state index is 0.936. The maximum absolute atomic E-state index is 2.50. The maximum atomic E-state index is 2.50. The molecule has 0 saturated heterocycles. The van der Waals surface area contributed by atoms with Crippen molar-refractivity contribution in [2.45, 2.75) is 73.1 Å². The Bertz CT molecular complexity index is 184. The second-order valence-corrected chi connectivity index (χ2v) is 6.31. The van der Waals surface area contributed by atoms with Crippen molar-refractivity contribution in [3.05, 3.63) is 0 Å². The van der Waals surface area contributed by atoms with Crippen LogP contribution in [0.2, 0.25) is 0 Å². The lowest BCUT2D eigenvalue weighted by Gasteiger charge is -2.14. The van der Waals surface area contributed by atoms with Crippen LogP contribution in [0.4, 0.5) is 0 Å². The van der Waals surface area contributed by atoms with E-state index in [1.807, 2.05) is 0 Å². The van der Waals surface area contributed by atoms with E-state index in [0.29, 0.717) is 0 Å². The average molecular weight is 224 g/mol. The summed E-state index contributed by atoms with van der Waals surface area (Å²) in [6.45, 7) is 12.0. The summed E-state index contributed by atoms with van der Waals surface area (Å²) in [5, 5.41) is 0. The molecular weight excluding hydrogens is 192 g/mol. The zero-order valence-electron chi connectivity index (χ0n) is 12.1. The van der Waals surface area contributed by atoms with Crippen molar-refractivity contribution in [3.8, 4) is 0 Å². The Kier molecular flexibility index (Phi) is 5.86. The van der Waals surface area contributed by atoms with Crippen molar-refractivity contribution in [1.82, 2.24) is 0 Å². The lowest BCUT2D eigenvalue weighted by atomic mass is 9.92. The first-order chi connectivity index (χ1) is 7.61. The van der Waals surface area contributed by atoms with E-state index in [2.05, 4.69) is 34.6 Å². The molecule has 0 heterocycles. The summed E-state index contributed by atoms with van der Waals surface area (Å²) in [5.41, 5.74) is 0. The zero-order valence-corrected chi connectivity index (χ0v) is 12.1. The molecule has 1 aliphatic carbocycles. The Morgan fingerprint density at radius 1 is 1.06 bits per heavy atom. The molecule has 0 amide bonds. The van der Waals surface area contributed by atoms with Gasteiger partial charge in [-0.15, -0.1) is 0 Å². The average Bonchev–Trinajstić information content (AvgIpc) is 2.93. The van der Waals surface area contributed by atoms with Gasteiger partial charge in [-0.1, -0.05) is 66.7 Å². The van der Waals surface area contributed by atoms with Gasteiger partial charge in [0.25, 0.3) is 0 Å². The number of hydrogen-bond acceptors (Lipinski definition) is 0. The molecule has 0 radical (unpaired) electrons. The normalized spacial score (nSPS) is 32.4. The van der Waals surface area contributed by atoms with Crippen LogP contribution in [0.1, 0.15) is 73.1 Å². The molecule has 0 aromatic heterocycles. The molecule has 1 rings (SSSR count). The summed E-state index contributed by atoms with van der Waals surface area (Å²) >= 11 is 0. The third-order valence-electron chi connectivity index (χ3n) is 5.00. The molecule has 0 aliphatic heterocycles. The van der Waals surface area contributed by atoms with Crippen LogP contribution in [-0.2, 0) is 0 Å². The summed E-state index contributed by atoms with van der Waals surface area (Å²) in [5.74, 6) is 5.08. The summed E-state index contributed by atoms with van der Waals surface area (Å²) < 4.78 is 0. The molecule has 0 N–H and O–H groups in total. The van der Waals surface area contributed by atoms with Gasteiger partial charge in [0, 0.05) is 0 Å². The molecule has 1 aliphatic rings. The highest BCUT2D eigenvalue weighted by Crippen LogP contribution is 2.54. The predicted octanol–water partition coefficient (Wildman–Crippen LogP) is 5.52. The molecule has 1 saturated carbocycles. The third kappa shape index (κ3) is 3.79. The van der Waals surface area contributed by atoms with E-state index in [4.69, 9.17) is 0 Å². The Balaban J connectivity index is 2.20. The van der Waals surface area contributed by atoms with Crippen LogP contribution >= 0.6 is 0 Å². The first-order valence-electron chi connectivity index (χ1n) is 7.61. The number of rotatable bonds is 8. The molecule has 0 spiro atoms. The SMILES string of the molecule is CCCCC1C(C)C1C(C)CCC(C)CC. The van der Waals surface area contributed by atoms with Gasteiger partial charge < -0.3 is 0 Å². The molecule has 0 aromatic rings. The second-order valence-electron chi connectivity index (χ2n) is 6.31. The van der Waals surface area contributed by atoms with E-state index in [9.17, 15) is 0 Å². The van der Waals surface area contributed by atoms with E-state index in [1.165, 1.54) is 38.5 Å². The van der Waals surface area contributed by atoms with Gasteiger partial charge in [0.15, 0.2) is 0 Å². The lowest BCUT2D eigenvalue weighted by Crippen LogP contribution is -2.03. The van der Waals surface area contributed by atoms with Gasteiger partial charge in [0.1, 0.15) is 0 Å². The fourth-order valence-electron chi connectivity index (χ4n) is 3.36. The van der Waals surface area contributed by atoms with Crippen LogP contribution in [0.25, 0.3) is 0 Å². The van der Waals surface area contributed by atoms with Crippen molar-refractivity contribution in [2.75, 3.05) is 0 Å². The summed E-state index contributed by atoms with van der Waals surface area (Å²) in [4.78, 5) is 0. The monoisotopic (exact) mass is 224 g/mol. The van der Waals surface area contributed by atoms with E-state index in [-0.39, 0.29) is 0 Å². The fraction of sp³-hybridized carbons (Fsp3) is 1.00. The minimum absolute atomic E-state index is 0.936. The second kappa shape index (κ2) is 6.67. The van der Waals surface area contributed by atoms with Crippen molar-refractivity contribution in [3.63, 3.8) is 0 Å². The van der Waals surface area contributed by atoms with Crippen LogP contribution in [0.3, 0.4) is 0 Å². The predicted molar refractivity (Wildman–Crippen MR) is 73.5 cm³/mol. The third-order valence-corrected chi connectivity index (χ3v) is 5.00. The standard InChI is InChI=1S/C16H32/c1-6-8-9-15-14(5)16(15)13(4)11-10-12(3)7-2/h12-16H,6-11H2,1-5H3. The molecular formula is C16H32. The lowest BCUT2D eigenvalue weighted by molar-refractivity contribution is 0.369. The summed E-state index contributed by atoms with van der Waals surface area (Å²) in [6.07, 6.45) is 8.58. The summed E-state index contributed by atoms with van der Waals surface area (Å²) in [6, 6.07) is 0. The molecule has 0 aromatic carbocycles. The van der Waals surface area contributed by atoms with Gasteiger partial charge in [-0.05, 0) is 36.0 Å². The van der Waals surface area contributed by atoms with Crippen LogP contribution in [0.5, 0.6) is 0 Å². The van der Waals surface area contributed by atoms with Crippen molar-refractivity contribution in [1.29, 1.82) is 0 Å². The Labute approximate surface area is 103 Å². The smallest absolute Gasteiger partial charge is 0.0329 e. The fourth-order valence-corrected chi connectivity index (χ4v) is 3.36. The molecule has 5 atom stereocenters. The maximum Gasteiger partial charge on any atom is -0.0329 e. The Hall–Kier alpha value is 0. The van der Waals surface area contributed by atoms with Crippen LogP contribution in [0.15, 0.2) is 0 Å². The van der Waals surface area contributed by atoms with E-state index in [0.717, 1.165) is 29.6 Å². The van der Waals surface area contributed by atoms with E-state index >= 15 is 0 Å². The van der Waals surface area contributed by atoms with Crippen molar-refractivity contribution < 1.29 is 0 Å². The molecule has 16 heavy (non-hydrogen) atoms. The highest BCUT2D eigenvalue weighted by atomic mass is 14.5. The highest BCUT2D eigenvalue weighted by Gasteiger charge is 2.47. The van der Waals surface area contributed by atoms with Gasteiger partial charge in [0.2, 0.25) is 0 Å². The Morgan fingerprint density at radius 2 is 1.75 bits per heavy atom. The number of unbranched alkanes of at least 4 members (excludes halogenated alkanes) is 1. The van der Waals surface area contributed by atoms with Crippen LogP contribution in [0, 0.1) is 29.6 Å². The van der Waals surface area contributed by atoms with Gasteiger partial charge in [-0.25, -0.2) is 0 Å². The molecule has 96 valence electrons. The first kappa shape index (κ1) is 14.1. The zero-order chi connectivity index (χ0) is 12.1. The minimum Gasteiger partial charge on any atom is -0.0654 e. The highest BCUT2D eigenvalue weighted by molar-refractivity contribution is 4.96. The molecule has 0 bridgehead atoms. The topological polar surface area (TPSA) is 0 Å². The van der Waals surface area contributed by atoms with Crippen molar-refractivity contribution >= 4 is 0 Å². The summed E-state index contributed by atoms with van der Waals surface area (Å²) in [7, 11) is 0. The van der Waals surface area contributed by atoms with Gasteiger partial charge in [0.05, 0.1) is 0 Å². The van der Waals surface area contributed by atoms with E-state index < -0.39 is 0 Å². The van der Waals surface area contributed by atoms with Crippen molar-refractivity contribution in [2.24, 2.45) is 29.6 Å². The molecule has 5 unspecified atom stereocenters. The van der Waals surface area contributed by atoms with Crippen LogP contribution in [-0.4, -0.2) is 0 Å². The van der Waals surface area contributed by atoms with Gasteiger partial charge in [-0.2, -0.15) is 0 Å².